The van der Waals surface area contributed by atoms with Crippen molar-refractivity contribution in [2.24, 2.45) is 0 Å². The van der Waals surface area contributed by atoms with Gasteiger partial charge in [0.15, 0.2) is 0 Å². The summed E-state index contributed by atoms with van der Waals surface area (Å²) in [6, 6.07) is 5.27. The smallest absolute Gasteiger partial charge is 0.304 e. The molecule has 1 heterocycles. The number of halogens is 2. The third kappa shape index (κ3) is 4.17. The molecule has 0 atom stereocenters. The normalized spacial score (nSPS) is 11.0. The van der Waals surface area contributed by atoms with Gasteiger partial charge in [-0.3, -0.25) is 9.69 Å². The molecule has 2 aromatic rings. The molecule has 0 saturated carbocycles. The molecule has 0 spiro atoms. The number of rotatable bonds is 6. The highest BCUT2D eigenvalue weighted by molar-refractivity contribution is 6.43. The first-order chi connectivity index (χ1) is 9.97. The fraction of sp³-hybridized carbons (Fsp3) is 0.308. The predicted molar refractivity (Wildman–Crippen MR) is 80.0 cm³/mol. The van der Waals surface area contributed by atoms with Crippen LogP contribution in [0.3, 0.4) is 0 Å². The molecule has 1 N–H and O–H groups in total. The second-order valence-corrected chi connectivity index (χ2v) is 5.39. The molecule has 0 unspecified atom stereocenters. The lowest BCUT2D eigenvalue weighted by atomic mass is 10.3. The van der Waals surface area contributed by atoms with Crippen molar-refractivity contribution in [1.29, 1.82) is 0 Å². The van der Waals surface area contributed by atoms with Crippen LogP contribution in [0.4, 0.5) is 0 Å². The number of hydrogen-bond donors (Lipinski definition) is 1. The van der Waals surface area contributed by atoms with Crippen LogP contribution in [0.25, 0.3) is 5.69 Å². The van der Waals surface area contributed by atoms with E-state index in [-0.39, 0.29) is 6.42 Å². The molecule has 8 heteroatoms. The molecule has 0 aliphatic rings. The minimum absolute atomic E-state index is 0.0881. The number of benzene rings is 1. The molecule has 0 aliphatic heterocycles. The maximum absolute atomic E-state index is 10.5. The van der Waals surface area contributed by atoms with Gasteiger partial charge < -0.3 is 5.11 Å². The quantitative estimate of drug-likeness (QED) is 0.882. The Morgan fingerprint density at radius 2 is 2.19 bits per heavy atom. The van der Waals surface area contributed by atoms with Crippen molar-refractivity contribution < 1.29 is 9.90 Å². The maximum Gasteiger partial charge on any atom is 0.304 e. The molecule has 0 fully saturated rings. The van der Waals surface area contributed by atoms with Gasteiger partial charge in [0.1, 0.15) is 0 Å². The van der Waals surface area contributed by atoms with Crippen LogP contribution in [0.1, 0.15) is 12.1 Å². The van der Waals surface area contributed by atoms with E-state index < -0.39 is 5.97 Å². The van der Waals surface area contributed by atoms with Crippen molar-refractivity contribution >= 4 is 29.2 Å². The zero-order chi connectivity index (χ0) is 15.4. The van der Waals surface area contributed by atoms with Crippen LogP contribution >= 0.6 is 23.2 Å². The average molecular weight is 329 g/mol. The summed E-state index contributed by atoms with van der Waals surface area (Å²) in [5.74, 6) is -0.823. The maximum atomic E-state index is 10.5. The Hall–Kier alpha value is -1.63. The van der Waals surface area contributed by atoms with Crippen LogP contribution in [0.15, 0.2) is 24.4 Å². The van der Waals surface area contributed by atoms with E-state index >= 15 is 0 Å². The number of carboxylic acid groups (broad SMARTS) is 1. The second-order valence-electron chi connectivity index (χ2n) is 4.61. The Kier molecular flexibility index (Phi) is 5.17. The average Bonchev–Trinajstić information content (AvgIpc) is 2.88. The molecular formula is C13H14Cl2N4O2. The highest BCUT2D eigenvalue weighted by Crippen LogP contribution is 2.27. The predicted octanol–water partition coefficient (Wildman–Crippen LogP) is 2.48. The fourth-order valence-corrected chi connectivity index (χ4v) is 2.18. The molecular weight excluding hydrogens is 315 g/mol. The Morgan fingerprint density at radius 3 is 2.90 bits per heavy atom. The number of aliphatic carboxylic acids is 1. The van der Waals surface area contributed by atoms with Gasteiger partial charge in [0.2, 0.25) is 0 Å². The monoisotopic (exact) mass is 328 g/mol. The third-order valence-electron chi connectivity index (χ3n) is 2.86. The molecule has 112 valence electrons. The summed E-state index contributed by atoms with van der Waals surface area (Å²) in [6.45, 7) is 0.950. The summed E-state index contributed by atoms with van der Waals surface area (Å²) in [4.78, 5) is 12.4. The first kappa shape index (κ1) is 15.8. The topological polar surface area (TPSA) is 71.2 Å². The zero-order valence-electron chi connectivity index (χ0n) is 11.3. The summed E-state index contributed by atoms with van der Waals surface area (Å²) < 4.78 is 1.55. The van der Waals surface area contributed by atoms with Crippen LogP contribution in [0.2, 0.25) is 10.0 Å². The molecule has 0 aliphatic carbocycles. The van der Waals surface area contributed by atoms with Crippen molar-refractivity contribution in [3.8, 4) is 5.69 Å². The number of carbonyl (C=O) groups is 1. The second kappa shape index (κ2) is 6.89. The van der Waals surface area contributed by atoms with E-state index in [1.54, 1.807) is 29.1 Å². The SMILES string of the molecule is CN(CCC(=O)O)Cc1cn(-c2cccc(Cl)c2Cl)nn1. The lowest BCUT2D eigenvalue weighted by molar-refractivity contribution is -0.137. The molecule has 0 bridgehead atoms. The number of aromatic nitrogens is 3. The van der Waals surface area contributed by atoms with Gasteiger partial charge in [-0.2, -0.15) is 0 Å². The lowest BCUT2D eigenvalue weighted by Gasteiger charge is -2.12. The molecule has 0 radical (unpaired) electrons. The van der Waals surface area contributed by atoms with Crippen LogP contribution in [-0.4, -0.2) is 44.6 Å². The summed E-state index contributed by atoms with van der Waals surface area (Å²) in [7, 11) is 1.83. The summed E-state index contributed by atoms with van der Waals surface area (Å²) in [6.07, 6.45) is 1.83. The van der Waals surface area contributed by atoms with E-state index in [0.29, 0.717) is 28.8 Å². The van der Waals surface area contributed by atoms with Gasteiger partial charge in [0.25, 0.3) is 0 Å². The highest BCUT2D eigenvalue weighted by Gasteiger charge is 2.11. The van der Waals surface area contributed by atoms with Crippen molar-refractivity contribution in [1.82, 2.24) is 19.9 Å². The molecule has 21 heavy (non-hydrogen) atoms. The molecule has 0 amide bonds. The minimum Gasteiger partial charge on any atom is -0.481 e. The van der Waals surface area contributed by atoms with Crippen LogP contribution in [-0.2, 0) is 11.3 Å². The van der Waals surface area contributed by atoms with Gasteiger partial charge in [-0.05, 0) is 19.2 Å². The lowest BCUT2D eigenvalue weighted by Crippen LogP contribution is -2.21. The van der Waals surface area contributed by atoms with Crippen molar-refractivity contribution in [2.75, 3.05) is 13.6 Å². The summed E-state index contributed by atoms with van der Waals surface area (Å²) in [5, 5.41) is 17.6. The third-order valence-corrected chi connectivity index (χ3v) is 3.67. The molecule has 0 saturated heterocycles. The summed E-state index contributed by atoms with van der Waals surface area (Å²) >= 11 is 12.1. The van der Waals surface area contributed by atoms with E-state index in [2.05, 4.69) is 10.3 Å². The van der Waals surface area contributed by atoms with Gasteiger partial charge in [0, 0.05) is 13.1 Å². The van der Waals surface area contributed by atoms with E-state index in [4.69, 9.17) is 28.3 Å². The van der Waals surface area contributed by atoms with Crippen LogP contribution < -0.4 is 0 Å². The zero-order valence-corrected chi connectivity index (χ0v) is 12.8. The Morgan fingerprint density at radius 1 is 1.43 bits per heavy atom. The van der Waals surface area contributed by atoms with E-state index in [1.807, 2.05) is 11.9 Å². The van der Waals surface area contributed by atoms with Gasteiger partial charge in [-0.25, -0.2) is 4.68 Å². The van der Waals surface area contributed by atoms with Crippen molar-refractivity contribution in [2.45, 2.75) is 13.0 Å². The Balaban J connectivity index is 2.08. The molecule has 1 aromatic carbocycles. The van der Waals surface area contributed by atoms with Gasteiger partial charge in [-0.1, -0.05) is 34.5 Å². The molecule has 1 aromatic heterocycles. The largest absolute Gasteiger partial charge is 0.481 e. The highest BCUT2D eigenvalue weighted by atomic mass is 35.5. The Bertz CT molecular complexity index is 645. The van der Waals surface area contributed by atoms with Gasteiger partial charge in [0.05, 0.1) is 34.0 Å². The van der Waals surface area contributed by atoms with Crippen LogP contribution in [0.5, 0.6) is 0 Å². The van der Waals surface area contributed by atoms with E-state index in [1.165, 1.54) is 0 Å². The van der Waals surface area contributed by atoms with Crippen molar-refractivity contribution in [3.05, 3.63) is 40.1 Å². The fourth-order valence-electron chi connectivity index (χ4n) is 1.80. The summed E-state index contributed by atoms with van der Waals surface area (Å²) in [5.41, 5.74) is 1.37. The van der Waals surface area contributed by atoms with E-state index in [9.17, 15) is 4.79 Å². The molecule has 2 rings (SSSR count). The van der Waals surface area contributed by atoms with Gasteiger partial charge in [-0.15, -0.1) is 5.10 Å². The molecule has 6 nitrogen and oxygen atoms in total. The van der Waals surface area contributed by atoms with Gasteiger partial charge >= 0.3 is 5.97 Å². The Labute approximate surface area is 131 Å². The van der Waals surface area contributed by atoms with E-state index in [0.717, 1.165) is 5.69 Å². The van der Waals surface area contributed by atoms with Crippen molar-refractivity contribution in [3.63, 3.8) is 0 Å². The number of hydrogen-bond acceptors (Lipinski definition) is 4. The van der Waals surface area contributed by atoms with Crippen LogP contribution in [0, 0.1) is 0 Å². The number of carboxylic acids is 1. The standard InChI is InChI=1S/C13H14Cl2N4O2/c1-18(6-5-12(20)21)7-9-8-19(17-16-9)11-4-2-3-10(14)13(11)15/h2-4,8H,5-7H2,1H3,(H,20,21). The first-order valence-electron chi connectivity index (χ1n) is 6.23. The number of nitrogens with zero attached hydrogens (tertiary/aromatic N) is 4. The minimum atomic E-state index is -0.823. The first-order valence-corrected chi connectivity index (χ1v) is 6.99.